The topological polar surface area (TPSA) is 49.3 Å². The number of aliphatic hydroxyl groups is 1. The van der Waals surface area contributed by atoms with Crippen LogP contribution in [-0.2, 0) is 0 Å². The molecule has 0 radical (unpaired) electrons. The molecule has 1 aromatic rings. The molecular weight excluding hydrogens is 294 g/mol. The van der Waals surface area contributed by atoms with Gasteiger partial charge >= 0.3 is 0 Å². The van der Waals surface area contributed by atoms with Crippen molar-refractivity contribution in [1.29, 1.82) is 0 Å². The number of aliphatic hydroxyl groups excluding tert-OH is 1. The van der Waals surface area contributed by atoms with Crippen LogP contribution in [0.25, 0.3) is 0 Å². The minimum Gasteiger partial charge on any atom is -0.393 e. The lowest BCUT2D eigenvalue weighted by molar-refractivity contribution is 0.0916. The van der Waals surface area contributed by atoms with Crippen LogP contribution in [0.5, 0.6) is 0 Å². The van der Waals surface area contributed by atoms with Crippen LogP contribution in [0.4, 0.5) is 0 Å². The summed E-state index contributed by atoms with van der Waals surface area (Å²) < 4.78 is 0.975. The van der Waals surface area contributed by atoms with Crippen molar-refractivity contribution in [2.45, 2.75) is 32.3 Å². The number of nitrogens with one attached hydrogen (secondary N) is 1. The molecule has 1 aliphatic rings. The molecule has 4 heteroatoms. The Morgan fingerprint density at radius 3 is 2.89 bits per heavy atom. The van der Waals surface area contributed by atoms with E-state index < -0.39 is 0 Å². The van der Waals surface area contributed by atoms with Gasteiger partial charge in [0.2, 0.25) is 0 Å². The molecule has 0 heterocycles. The molecule has 0 spiro atoms. The van der Waals surface area contributed by atoms with E-state index in [4.69, 9.17) is 0 Å². The van der Waals surface area contributed by atoms with Gasteiger partial charge in [0.1, 0.15) is 0 Å². The number of hydrogen-bond donors (Lipinski definition) is 2. The number of benzene rings is 1. The molecule has 0 aromatic heterocycles. The third kappa shape index (κ3) is 3.12. The van der Waals surface area contributed by atoms with Crippen molar-refractivity contribution < 1.29 is 9.90 Å². The molecular formula is C14H18BrNO2. The first-order valence-corrected chi connectivity index (χ1v) is 7.09. The predicted molar refractivity (Wildman–Crippen MR) is 74.6 cm³/mol. The second-order valence-electron chi connectivity index (χ2n) is 4.93. The quantitative estimate of drug-likeness (QED) is 0.901. The minimum absolute atomic E-state index is 0.0564. The number of carbonyl (C=O) groups is 1. The fourth-order valence-corrected chi connectivity index (χ4v) is 2.93. The maximum Gasteiger partial charge on any atom is 0.251 e. The van der Waals surface area contributed by atoms with E-state index in [0.717, 1.165) is 29.3 Å². The Labute approximate surface area is 116 Å². The zero-order valence-corrected chi connectivity index (χ0v) is 12.0. The molecule has 1 saturated carbocycles. The van der Waals surface area contributed by atoms with Crippen molar-refractivity contribution in [1.82, 2.24) is 5.32 Å². The molecule has 1 aliphatic carbocycles. The van der Waals surface area contributed by atoms with E-state index in [0.29, 0.717) is 12.1 Å². The number of carbonyl (C=O) groups excluding carboxylic acids is 1. The van der Waals surface area contributed by atoms with Crippen molar-refractivity contribution in [3.63, 3.8) is 0 Å². The van der Waals surface area contributed by atoms with Crippen molar-refractivity contribution in [3.8, 4) is 0 Å². The molecule has 1 aromatic carbocycles. The highest BCUT2D eigenvalue weighted by atomic mass is 79.9. The number of hydrogen-bond acceptors (Lipinski definition) is 2. The zero-order valence-electron chi connectivity index (χ0n) is 10.4. The average molecular weight is 312 g/mol. The lowest BCUT2D eigenvalue weighted by Gasteiger charge is -2.15. The molecule has 2 atom stereocenters. The summed E-state index contributed by atoms with van der Waals surface area (Å²) in [6.45, 7) is 2.49. The summed E-state index contributed by atoms with van der Waals surface area (Å²) in [7, 11) is 0. The highest BCUT2D eigenvalue weighted by Gasteiger charge is 2.25. The van der Waals surface area contributed by atoms with Crippen LogP contribution in [0.2, 0.25) is 0 Å². The molecule has 0 aliphatic heterocycles. The van der Waals surface area contributed by atoms with Crippen LogP contribution >= 0.6 is 15.9 Å². The average Bonchev–Trinajstić information content (AvgIpc) is 2.72. The van der Waals surface area contributed by atoms with Gasteiger partial charge in [-0.25, -0.2) is 0 Å². The van der Waals surface area contributed by atoms with Crippen LogP contribution in [0, 0.1) is 12.8 Å². The van der Waals surface area contributed by atoms with Gasteiger partial charge in [-0.2, -0.15) is 0 Å². The number of aryl methyl sites for hydroxylation is 1. The molecule has 18 heavy (non-hydrogen) atoms. The van der Waals surface area contributed by atoms with Gasteiger partial charge in [0.25, 0.3) is 5.91 Å². The van der Waals surface area contributed by atoms with Gasteiger partial charge in [-0.3, -0.25) is 4.79 Å². The third-order valence-electron chi connectivity index (χ3n) is 3.58. The van der Waals surface area contributed by atoms with Gasteiger partial charge in [0, 0.05) is 22.5 Å². The largest absolute Gasteiger partial charge is 0.393 e. The Hall–Kier alpha value is -0.870. The van der Waals surface area contributed by atoms with Gasteiger partial charge in [0.05, 0.1) is 6.10 Å². The normalized spacial score (nSPS) is 23.1. The zero-order chi connectivity index (χ0) is 13.1. The Morgan fingerprint density at radius 1 is 1.50 bits per heavy atom. The summed E-state index contributed by atoms with van der Waals surface area (Å²) >= 11 is 3.38. The smallest absolute Gasteiger partial charge is 0.251 e. The van der Waals surface area contributed by atoms with Crippen LogP contribution < -0.4 is 5.32 Å². The Balaban J connectivity index is 1.95. The minimum atomic E-state index is -0.253. The molecule has 1 amide bonds. The van der Waals surface area contributed by atoms with Crippen molar-refractivity contribution >= 4 is 21.8 Å². The summed E-state index contributed by atoms with van der Waals surface area (Å²) in [4.78, 5) is 12.0. The van der Waals surface area contributed by atoms with Crippen molar-refractivity contribution in [2.75, 3.05) is 6.54 Å². The molecule has 3 nitrogen and oxygen atoms in total. The summed E-state index contributed by atoms with van der Waals surface area (Å²) in [6.07, 6.45) is 2.66. The van der Waals surface area contributed by atoms with Gasteiger partial charge in [-0.1, -0.05) is 22.4 Å². The van der Waals surface area contributed by atoms with Gasteiger partial charge in [0.15, 0.2) is 0 Å². The van der Waals surface area contributed by atoms with Gasteiger partial charge < -0.3 is 10.4 Å². The van der Waals surface area contributed by atoms with E-state index in [2.05, 4.69) is 21.2 Å². The maximum atomic E-state index is 12.0. The van der Waals surface area contributed by atoms with E-state index in [-0.39, 0.29) is 17.9 Å². The molecule has 2 N–H and O–H groups in total. The van der Waals surface area contributed by atoms with Gasteiger partial charge in [-0.15, -0.1) is 0 Å². The SMILES string of the molecule is Cc1cc(Br)ccc1C(=O)NC[C@@H]1CCC[C@@H]1O. The molecule has 1 fully saturated rings. The maximum absolute atomic E-state index is 12.0. The molecule has 2 rings (SSSR count). The van der Waals surface area contributed by atoms with E-state index >= 15 is 0 Å². The van der Waals surface area contributed by atoms with E-state index in [1.807, 2.05) is 25.1 Å². The Morgan fingerprint density at radius 2 is 2.28 bits per heavy atom. The standard InChI is InChI=1S/C14H18BrNO2/c1-9-7-11(15)5-6-12(9)14(18)16-8-10-3-2-4-13(10)17/h5-7,10,13,17H,2-4,8H2,1H3,(H,16,18)/t10-,13-/m0/s1. The van der Waals surface area contributed by atoms with Crippen LogP contribution in [0.3, 0.4) is 0 Å². The number of rotatable bonds is 3. The first kappa shape index (κ1) is 13.6. The number of amides is 1. The second kappa shape index (κ2) is 5.85. The lowest BCUT2D eigenvalue weighted by Crippen LogP contribution is -2.32. The second-order valence-corrected chi connectivity index (χ2v) is 5.84. The molecule has 0 bridgehead atoms. The molecule has 0 unspecified atom stereocenters. The van der Waals surface area contributed by atoms with E-state index in [1.54, 1.807) is 0 Å². The van der Waals surface area contributed by atoms with Crippen LogP contribution in [-0.4, -0.2) is 23.7 Å². The fraction of sp³-hybridized carbons (Fsp3) is 0.500. The lowest BCUT2D eigenvalue weighted by atomic mass is 10.1. The van der Waals surface area contributed by atoms with Gasteiger partial charge in [-0.05, 0) is 43.5 Å². The highest BCUT2D eigenvalue weighted by Crippen LogP contribution is 2.24. The van der Waals surface area contributed by atoms with Crippen molar-refractivity contribution in [2.24, 2.45) is 5.92 Å². The molecule has 0 saturated heterocycles. The van der Waals surface area contributed by atoms with Crippen molar-refractivity contribution in [3.05, 3.63) is 33.8 Å². The third-order valence-corrected chi connectivity index (χ3v) is 4.07. The Kier molecular flexibility index (Phi) is 4.40. The van der Waals surface area contributed by atoms with Crippen LogP contribution in [0.1, 0.15) is 35.2 Å². The fourth-order valence-electron chi connectivity index (χ4n) is 2.46. The van der Waals surface area contributed by atoms with Crippen LogP contribution in [0.15, 0.2) is 22.7 Å². The summed E-state index contributed by atoms with van der Waals surface area (Å²) in [5.41, 5.74) is 1.65. The van der Waals surface area contributed by atoms with E-state index in [1.165, 1.54) is 0 Å². The van der Waals surface area contributed by atoms with E-state index in [9.17, 15) is 9.90 Å². The summed E-state index contributed by atoms with van der Waals surface area (Å²) in [5.74, 6) is 0.156. The monoisotopic (exact) mass is 311 g/mol. The first-order chi connectivity index (χ1) is 8.58. The summed E-state index contributed by atoms with van der Waals surface area (Å²) in [5, 5.41) is 12.6. The highest BCUT2D eigenvalue weighted by molar-refractivity contribution is 9.10. The summed E-state index contributed by atoms with van der Waals surface area (Å²) in [6, 6.07) is 5.62. The predicted octanol–water partition coefficient (Wildman–Crippen LogP) is 2.65. The Bertz CT molecular complexity index is 447. The first-order valence-electron chi connectivity index (χ1n) is 6.30. The number of halogens is 1. The molecule has 98 valence electrons.